The second-order valence-corrected chi connectivity index (χ2v) is 10.8. The van der Waals surface area contributed by atoms with E-state index < -0.39 is 0 Å². The molecule has 0 aliphatic carbocycles. The highest BCUT2D eigenvalue weighted by molar-refractivity contribution is 5.96. The summed E-state index contributed by atoms with van der Waals surface area (Å²) in [6.45, 7) is 5.54. The smallest absolute Gasteiger partial charge is 0.264 e. The van der Waals surface area contributed by atoms with Crippen LogP contribution in [0.4, 0.5) is 11.4 Å². The summed E-state index contributed by atoms with van der Waals surface area (Å²) in [4.78, 5) is 24.7. The third kappa shape index (κ3) is 7.94. The van der Waals surface area contributed by atoms with Crippen molar-refractivity contribution in [2.45, 2.75) is 97.6 Å². The largest absolute Gasteiger partial charge is 0.493 e. The molecule has 4 rings (SSSR count). The lowest BCUT2D eigenvalue weighted by Gasteiger charge is -2.05. The van der Waals surface area contributed by atoms with Gasteiger partial charge in [-0.2, -0.15) is 0 Å². The van der Waals surface area contributed by atoms with E-state index in [1.54, 1.807) is 0 Å². The van der Waals surface area contributed by atoms with Crippen molar-refractivity contribution in [1.82, 2.24) is 9.13 Å². The number of fused-ring (bicyclic) bond motifs is 2. The van der Waals surface area contributed by atoms with Gasteiger partial charge in [0.2, 0.25) is 11.8 Å². The van der Waals surface area contributed by atoms with Gasteiger partial charge in [0.15, 0.2) is 11.4 Å². The van der Waals surface area contributed by atoms with Gasteiger partial charge in [0.1, 0.15) is 0 Å². The van der Waals surface area contributed by atoms with Gasteiger partial charge in [0, 0.05) is 36.7 Å². The van der Waals surface area contributed by atoms with Gasteiger partial charge in [-0.3, -0.25) is 9.59 Å². The number of rotatable bonds is 16. The third-order valence-electron chi connectivity index (χ3n) is 7.61. The van der Waals surface area contributed by atoms with Crippen molar-refractivity contribution in [3.05, 3.63) is 48.5 Å². The van der Waals surface area contributed by atoms with E-state index in [2.05, 4.69) is 34.3 Å². The van der Waals surface area contributed by atoms with Crippen LogP contribution in [0, 0.1) is 0 Å². The molecule has 4 aromatic rings. The fraction of sp³-hybridized carbons (Fsp3) is 0.455. The summed E-state index contributed by atoms with van der Waals surface area (Å²) >= 11 is 0. The van der Waals surface area contributed by atoms with E-state index in [9.17, 15) is 19.8 Å². The summed E-state index contributed by atoms with van der Waals surface area (Å²) in [7, 11) is 0. The molecule has 0 atom stereocenters. The zero-order valence-electron chi connectivity index (χ0n) is 25.2. The van der Waals surface area contributed by atoms with Crippen molar-refractivity contribution in [3.63, 3.8) is 0 Å². The molecule has 228 valence electrons. The predicted molar refractivity (Wildman–Crippen MR) is 168 cm³/mol. The first kappa shape index (κ1) is 31.6. The van der Waals surface area contributed by atoms with Crippen LogP contribution in [0.2, 0.25) is 0 Å². The van der Waals surface area contributed by atoms with Crippen LogP contribution in [-0.2, 0) is 22.7 Å². The molecular formula is C33H42N6O4. The number of aryl methyl sites for hydroxylation is 2. The number of nitrogens with zero attached hydrogens (tertiary/aromatic N) is 6. The van der Waals surface area contributed by atoms with Crippen molar-refractivity contribution < 1.29 is 19.8 Å². The Kier molecular flexibility index (Phi) is 11.6. The van der Waals surface area contributed by atoms with E-state index in [0.717, 1.165) is 66.8 Å². The number of amides is 2. The average molecular weight is 587 g/mol. The van der Waals surface area contributed by atoms with Crippen LogP contribution < -0.4 is 0 Å². The van der Waals surface area contributed by atoms with Crippen LogP contribution in [0.15, 0.2) is 69.0 Å². The molecule has 0 unspecified atom stereocenters. The summed E-state index contributed by atoms with van der Waals surface area (Å²) < 4.78 is 3.64. The maximum Gasteiger partial charge on any atom is 0.264 e. The minimum atomic E-state index is -0.320. The Morgan fingerprint density at radius 2 is 1.00 bits per heavy atom. The minimum Gasteiger partial charge on any atom is -0.493 e. The highest BCUT2D eigenvalue weighted by atomic mass is 16.3. The van der Waals surface area contributed by atoms with Gasteiger partial charge in [0.05, 0.1) is 11.0 Å². The number of carbonyl (C=O) groups is 2. The second-order valence-electron chi connectivity index (χ2n) is 10.8. The molecule has 2 aromatic heterocycles. The molecule has 0 spiro atoms. The van der Waals surface area contributed by atoms with E-state index >= 15 is 0 Å². The van der Waals surface area contributed by atoms with E-state index in [1.807, 2.05) is 57.7 Å². The molecule has 0 radical (unpaired) electrons. The summed E-state index contributed by atoms with van der Waals surface area (Å²) in [5.74, 6) is -0.564. The van der Waals surface area contributed by atoms with Crippen LogP contribution in [0.1, 0.15) is 84.5 Å². The Balaban J connectivity index is 1.19. The summed E-state index contributed by atoms with van der Waals surface area (Å²) in [6, 6.07) is 15.2. The SMILES string of the molecule is CCCCn1c(O)c(N=NC(=O)CCCCCCCC(=O)N=Nc2c(O)n(CCCC)c3ccccc23)c2ccccc21. The first-order valence-electron chi connectivity index (χ1n) is 15.5. The maximum absolute atomic E-state index is 12.3. The number of azo groups is 2. The predicted octanol–water partition coefficient (Wildman–Crippen LogP) is 9.26. The molecule has 10 nitrogen and oxygen atoms in total. The Morgan fingerprint density at radius 3 is 1.42 bits per heavy atom. The zero-order valence-corrected chi connectivity index (χ0v) is 25.2. The first-order chi connectivity index (χ1) is 21.0. The monoisotopic (exact) mass is 586 g/mol. The van der Waals surface area contributed by atoms with Crippen LogP contribution >= 0.6 is 0 Å². The molecular weight excluding hydrogens is 544 g/mol. The van der Waals surface area contributed by atoms with E-state index in [-0.39, 0.29) is 36.4 Å². The average Bonchev–Trinajstić information content (AvgIpc) is 3.44. The van der Waals surface area contributed by atoms with Gasteiger partial charge < -0.3 is 19.3 Å². The standard InChI is InChI=1S/C33H42N6O4/c1-3-5-22-38-26-18-14-12-16-24(26)30(32(38)42)36-34-28(40)20-10-8-7-9-11-21-29(41)35-37-31-25-17-13-15-19-27(25)39(33(31)43)23-6-4-2/h12-19,42-43H,3-11,20-23H2,1-2H3. The third-order valence-corrected chi connectivity index (χ3v) is 7.61. The number of benzene rings is 2. The highest BCUT2D eigenvalue weighted by Gasteiger charge is 2.17. The lowest BCUT2D eigenvalue weighted by atomic mass is 10.1. The lowest BCUT2D eigenvalue weighted by molar-refractivity contribution is -0.119. The number of para-hydroxylation sites is 2. The fourth-order valence-electron chi connectivity index (χ4n) is 5.22. The van der Waals surface area contributed by atoms with Crippen molar-refractivity contribution in [2.24, 2.45) is 20.5 Å². The van der Waals surface area contributed by atoms with Gasteiger partial charge in [-0.25, -0.2) is 0 Å². The van der Waals surface area contributed by atoms with Gasteiger partial charge in [-0.15, -0.1) is 20.5 Å². The van der Waals surface area contributed by atoms with Gasteiger partial charge in [0.25, 0.3) is 11.8 Å². The first-order valence-corrected chi connectivity index (χ1v) is 15.5. The number of unbranched alkanes of at least 4 members (excludes halogenated alkanes) is 6. The number of hydrogen-bond acceptors (Lipinski definition) is 6. The molecule has 43 heavy (non-hydrogen) atoms. The number of aromatic nitrogens is 2. The summed E-state index contributed by atoms with van der Waals surface area (Å²) in [5, 5.41) is 38.9. The zero-order chi connectivity index (χ0) is 30.6. The van der Waals surface area contributed by atoms with E-state index in [1.165, 1.54) is 0 Å². The molecule has 2 aromatic carbocycles. The topological polar surface area (TPSA) is 134 Å². The second kappa shape index (κ2) is 15.8. The molecule has 0 bridgehead atoms. The quantitative estimate of drug-likeness (QED) is 0.0999. The number of carbonyl (C=O) groups excluding carboxylic acids is 2. The Hall–Kier alpha value is -4.34. The number of hydrogen-bond donors (Lipinski definition) is 2. The molecule has 0 aliphatic heterocycles. The molecule has 2 heterocycles. The lowest BCUT2D eigenvalue weighted by Crippen LogP contribution is -1.96. The van der Waals surface area contributed by atoms with Gasteiger partial charge in [-0.05, 0) is 37.8 Å². The van der Waals surface area contributed by atoms with E-state index in [0.29, 0.717) is 37.3 Å². The Labute approximate surface area is 252 Å². The summed E-state index contributed by atoms with van der Waals surface area (Å²) in [5.41, 5.74) is 2.42. The van der Waals surface area contributed by atoms with Crippen molar-refractivity contribution >= 4 is 45.0 Å². The van der Waals surface area contributed by atoms with E-state index in [4.69, 9.17) is 0 Å². The minimum absolute atomic E-state index is 0.0378. The Bertz CT molecular complexity index is 1480. The highest BCUT2D eigenvalue weighted by Crippen LogP contribution is 2.40. The molecule has 0 saturated heterocycles. The fourth-order valence-corrected chi connectivity index (χ4v) is 5.22. The maximum atomic E-state index is 12.3. The molecule has 0 aliphatic rings. The van der Waals surface area contributed by atoms with Crippen molar-refractivity contribution in [3.8, 4) is 11.8 Å². The molecule has 10 heteroatoms. The normalized spacial score (nSPS) is 12.0. The Morgan fingerprint density at radius 1 is 0.605 bits per heavy atom. The summed E-state index contributed by atoms with van der Waals surface area (Å²) in [6.07, 6.45) is 8.32. The van der Waals surface area contributed by atoms with Gasteiger partial charge in [-0.1, -0.05) is 82.3 Å². The molecule has 0 saturated carbocycles. The van der Waals surface area contributed by atoms with Crippen LogP contribution in [0.5, 0.6) is 11.8 Å². The van der Waals surface area contributed by atoms with Crippen LogP contribution in [-0.4, -0.2) is 31.2 Å². The van der Waals surface area contributed by atoms with Crippen molar-refractivity contribution in [1.29, 1.82) is 0 Å². The van der Waals surface area contributed by atoms with Gasteiger partial charge >= 0.3 is 0 Å². The van der Waals surface area contributed by atoms with Crippen LogP contribution in [0.3, 0.4) is 0 Å². The van der Waals surface area contributed by atoms with Crippen molar-refractivity contribution in [2.75, 3.05) is 0 Å². The number of aromatic hydroxyl groups is 2. The molecule has 0 fully saturated rings. The molecule has 2 N–H and O–H groups in total. The molecule has 2 amide bonds. The van der Waals surface area contributed by atoms with Crippen LogP contribution in [0.25, 0.3) is 21.8 Å².